The summed E-state index contributed by atoms with van der Waals surface area (Å²) in [5.41, 5.74) is 0.122. The number of unbranched alkanes of at least 4 members (excludes halogenated alkanes) is 2. The fraction of sp³-hybridized carbons (Fsp3) is 1.00. The molecule has 1 spiro atoms. The van der Waals surface area contributed by atoms with Crippen LogP contribution in [0.1, 0.15) is 65.2 Å². The van der Waals surface area contributed by atoms with Crippen LogP contribution in [0.15, 0.2) is 0 Å². The fourth-order valence-corrected chi connectivity index (χ4v) is 3.45. The van der Waals surface area contributed by atoms with Gasteiger partial charge in [0.1, 0.15) is 0 Å². The Bertz CT molecular complexity index is 246. The topological polar surface area (TPSA) is 30.5 Å². The van der Waals surface area contributed by atoms with Crippen molar-refractivity contribution in [2.75, 3.05) is 19.8 Å². The van der Waals surface area contributed by atoms with Crippen molar-refractivity contribution in [3.8, 4) is 0 Å². The van der Waals surface area contributed by atoms with Crippen LogP contribution in [0.4, 0.5) is 0 Å². The van der Waals surface area contributed by atoms with Gasteiger partial charge in [-0.15, -0.1) is 0 Å². The Morgan fingerprint density at radius 2 is 2.00 bits per heavy atom. The molecule has 0 aromatic carbocycles. The van der Waals surface area contributed by atoms with Crippen molar-refractivity contribution < 1.29 is 9.47 Å². The second-order valence-electron chi connectivity index (χ2n) is 6.40. The molecular weight excluding hydrogens is 238 g/mol. The van der Waals surface area contributed by atoms with Crippen molar-refractivity contribution >= 4 is 0 Å². The maximum atomic E-state index is 6.10. The molecule has 3 nitrogen and oxygen atoms in total. The van der Waals surface area contributed by atoms with Gasteiger partial charge in [-0.25, -0.2) is 0 Å². The molecule has 2 rings (SSSR count). The van der Waals surface area contributed by atoms with E-state index in [1.807, 2.05) is 0 Å². The normalized spacial score (nSPS) is 28.4. The number of hydrogen-bond acceptors (Lipinski definition) is 3. The van der Waals surface area contributed by atoms with Crippen LogP contribution < -0.4 is 5.32 Å². The summed E-state index contributed by atoms with van der Waals surface area (Å²) < 4.78 is 11.6. The van der Waals surface area contributed by atoms with Crippen LogP contribution in [-0.2, 0) is 9.47 Å². The first-order valence-corrected chi connectivity index (χ1v) is 8.22. The lowest BCUT2D eigenvalue weighted by Gasteiger charge is -2.44. The molecule has 0 bridgehead atoms. The SMILES string of the molecule is CCCCCC(C)NC1CCOC2(CCOCC2)C1. The molecule has 0 radical (unpaired) electrons. The second kappa shape index (κ2) is 7.61. The van der Waals surface area contributed by atoms with Crippen molar-refractivity contribution in [2.45, 2.75) is 82.9 Å². The van der Waals surface area contributed by atoms with Gasteiger partial charge in [0.2, 0.25) is 0 Å². The number of hydrogen-bond donors (Lipinski definition) is 1. The molecule has 112 valence electrons. The van der Waals surface area contributed by atoms with Gasteiger partial charge in [0.25, 0.3) is 0 Å². The lowest BCUT2D eigenvalue weighted by Crippen LogP contribution is -2.51. The molecule has 2 aliphatic heterocycles. The van der Waals surface area contributed by atoms with E-state index >= 15 is 0 Å². The van der Waals surface area contributed by atoms with Gasteiger partial charge in [-0.3, -0.25) is 0 Å². The summed E-state index contributed by atoms with van der Waals surface area (Å²) in [5.74, 6) is 0. The Morgan fingerprint density at radius 1 is 1.21 bits per heavy atom. The molecule has 2 fully saturated rings. The molecule has 1 N–H and O–H groups in total. The van der Waals surface area contributed by atoms with E-state index in [9.17, 15) is 0 Å². The Kier molecular flexibility index (Phi) is 6.11. The monoisotopic (exact) mass is 269 g/mol. The van der Waals surface area contributed by atoms with Crippen molar-refractivity contribution in [3.63, 3.8) is 0 Å². The van der Waals surface area contributed by atoms with Gasteiger partial charge in [0, 0.05) is 31.9 Å². The second-order valence-corrected chi connectivity index (χ2v) is 6.40. The Labute approximate surface area is 118 Å². The molecule has 2 heterocycles. The molecule has 2 unspecified atom stereocenters. The average molecular weight is 269 g/mol. The third-order valence-corrected chi connectivity index (χ3v) is 4.66. The maximum Gasteiger partial charge on any atom is 0.0741 e. The first kappa shape index (κ1) is 15.3. The van der Waals surface area contributed by atoms with Crippen LogP contribution in [-0.4, -0.2) is 37.5 Å². The summed E-state index contributed by atoms with van der Waals surface area (Å²) >= 11 is 0. The average Bonchev–Trinajstić information content (AvgIpc) is 2.40. The molecule has 0 saturated carbocycles. The van der Waals surface area contributed by atoms with Gasteiger partial charge in [0.15, 0.2) is 0 Å². The number of ether oxygens (including phenoxy) is 2. The van der Waals surface area contributed by atoms with Crippen molar-refractivity contribution in [3.05, 3.63) is 0 Å². The number of rotatable bonds is 6. The van der Waals surface area contributed by atoms with Crippen molar-refractivity contribution in [1.82, 2.24) is 5.32 Å². The van der Waals surface area contributed by atoms with Gasteiger partial charge < -0.3 is 14.8 Å². The van der Waals surface area contributed by atoms with Crippen LogP contribution in [0.3, 0.4) is 0 Å². The molecule has 0 aliphatic carbocycles. The molecule has 0 amide bonds. The zero-order chi connectivity index (χ0) is 13.6. The summed E-state index contributed by atoms with van der Waals surface area (Å²) in [7, 11) is 0. The predicted octanol–water partition coefficient (Wildman–Crippen LogP) is 3.27. The summed E-state index contributed by atoms with van der Waals surface area (Å²) in [6.45, 7) is 7.27. The minimum Gasteiger partial charge on any atom is -0.381 e. The van der Waals surface area contributed by atoms with Crippen molar-refractivity contribution in [1.29, 1.82) is 0 Å². The standard InChI is InChI=1S/C16H31NO2/c1-3-4-5-6-14(2)17-15-7-10-19-16(13-15)8-11-18-12-9-16/h14-15,17H,3-13H2,1-2H3. The lowest BCUT2D eigenvalue weighted by atomic mass is 9.84. The van der Waals surface area contributed by atoms with E-state index in [1.54, 1.807) is 0 Å². The number of nitrogens with one attached hydrogen (secondary N) is 1. The van der Waals surface area contributed by atoms with E-state index in [4.69, 9.17) is 9.47 Å². The largest absolute Gasteiger partial charge is 0.381 e. The third kappa shape index (κ3) is 4.73. The van der Waals surface area contributed by atoms with Crippen LogP contribution in [0.2, 0.25) is 0 Å². The van der Waals surface area contributed by atoms with Crippen LogP contribution in [0.25, 0.3) is 0 Å². The van der Waals surface area contributed by atoms with E-state index in [1.165, 1.54) is 38.5 Å². The molecule has 19 heavy (non-hydrogen) atoms. The minimum absolute atomic E-state index is 0.122. The molecular formula is C16H31NO2. The zero-order valence-corrected chi connectivity index (χ0v) is 12.7. The van der Waals surface area contributed by atoms with E-state index in [-0.39, 0.29) is 5.60 Å². The first-order valence-electron chi connectivity index (χ1n) is 8.22. The Balaban J connectivity index is 1.74. The highest BCUT2D eigenvalue weighted by Gasteiger charge is 2.39. The highest BCUT2D eigenvalue weighted by molar-refractivity contribution is 4.92. The first-order chi connectivity index (χ1) is 9.24. The summed E-state index contributed by atoms with van der Waals surface area (Å²) in [4.78, 5) is 0. The summed E-state index contributed by atoms with van der Waals surface area (Å²) in [6, 6.07) is 1.29. The highest BCUT2D eigenvalue weighted by Crippen LogP contribution is 2.34. The third-order valence-electron chi connectivity index (χ3n) is 4.66. The Hall–Kier alpha value is -0.120. The predicted molar refractivity (Wildman–Crippen MR) is 78.5 cm³/mol. The zero-order valence-electron chi connectivity index (χ0n) is 12.7. The van der Waals surface area contributed by atoms with Crippen LogP contribution >= 0.6 is 0 Å². The summed E-state index contributed by atoms with van der Waals surface area (Å²) in [6.07, 6.45) is 9.84. The highest BCUT2D eigenvalue weighted by atomic mass is 16.5. The van der Waals surface area contributed by atoms with Crippen LogP contribution in [0.5, 0.6) is 0 Å². The van der Waals surface area contributed by atoms with Gasteiger partial charge in [-0.1, -0.05) is 26.2 Å². The van der Waals surface area contributed by atoms with Gasteiger partial charge in [-0.05, 0) is 39.0 Å². The van der Waals surface area contributed by atoms with Gasteiger partial charge >= 0.3 is 0 Å². The van der Waals surface area contributed by atoms with Gasteiger partial charge in [0.05, 0.1) is 5.60 Å². The summed E-state index contributed by atoms with van der Waals surface area (Å²) in [5, 5.41) is 3.83. The fourth-order valence-electron chi connectivity index (χ4n) is 3.45. The Morgan fingerprint density at radius 3 is 2.74 bits per heavy atom. The van der Waals surface area contributed by atoms with E-state index in [2.05, 4.69) is 19.2 Å². The van der Waals surface area contributed by atoms with E-state index < -0.39 is 0 Å². The molecule has 2 aliphatic rings. The maximum absolute atomic E-state index is 6.10. The molecule has 0 aromatic heterocycles. The lowest BCUT2D eigenvalue weighted by molar-refractivity contribution is -0.140. The minimum atomic E-state index is 0.122. The molecule has 2 atom stereocenters. The van der Waals surface area contributed by atoms with E-state index in [0.29, 0.717) is 12.1 Å². The van der Waals surface area contributed by atoms with Gasteiger partial charge in [-0.2, -0.15) is 0 Å². The smallest absolute Gasteiger partial charge is 0.0741 e. The molecule has 0 aromatic rings. The van der Waals surface area contributed by atoms with E-state index in [0.717, 1.165) is 32.7 Å². The molecule has 3 heteroatoms. The molecule has 2 saturated heterocycles. The quantitative estimate of drug-likeness (QED) is 0.751. The van der Waals surface area contributed by atoms with Crippen LogP contribution in [0, 0.1) is 0 Å². The van der Waals surface area contributed by atoms with Crippen molar-refractivity contribution in [2.24, 2.45) is 0 Å².